The van der Waals surface area contributed by atoms with Gasteiger partial charge < -0.3 is 15.1 Å². The molecule has 1 saturated heterocycles. The van der Waals surface area contributed by atoms with Crippen LogP contribution in [0.15, 0.2) is 24.3 Å². The third-order valence-corrected chi connectivity index (χ3v) is 2.92. The molecule has 0 bridgehead atoms. The van der Waals surface area contributed by atoms with Crippen molar-refractivity contribution in [2.24, 2.45) is 0 Å². The lowest BCUT2D eigenvalue weighted by molar-refractivity contribution is -0.137. The van der Waals surface area contributed by atoms with E-state index in [2.05, 4.69) is 0 Å². The summed E-state index contributed by atoms with van der Waals surface area (Å²) < 4.78 is 37.0. The summed E-state index contributed by atoms with van der Waals surface area (Å²) in [6.45, 7) is -0.263. The second kappa shape index (κ2) is 3.88. The summed E-state index contributed by atoms with van der Waals surface area (Å²) in [4.78, 5) is 11.5. The summed E-state index contributed by atoms with van der Waals surface area (Å²) in [5, 5.41) is 18.6. The Morgan fingerprint density at radius 1 is 1.22 bits per heavy atom. The molecule has 4 nitrogen and oxygen atoms in total. The highest BCUT2D eigenvalue weighted by Crippen LogP contribution is 2.34. The first-order valence-corrected chi connectivity index (χ1v) is 5.10. The highest BCUT2D eigenvalue weighted by Gasteiger charge is 2.45. The number of rotatable bonds is 1. The molecule has 1 fully saturated rings. The number of carbonyl (C=O) groups is 1. The number of carboxylic acid groups (broad SMARTS) is 1. The van der Waals surface area contributed by atoms with Crippen LogP contribution in [-0.2, 0) is 11.8 Å². The van der Waals surface area contributed by atoms with Gasteiger partial charge in [0, 0.05) is 0 Å². The van der Waals surface area contributed by atoms with E-state index >= 15 is 0 Å². The molecule has 0 saturated carbocycles. The molecule has 0 aromatic heterocycles. The van der Waals surface area contributed by atoms with Crippen LogP contribution in [0.25, 0.3) is 0 Å². The van der Waals surface area contributed by atoms with Gasteiger partial charge in [0.1, 0.15) is 5.60 Å². The smallest absolute Gasteiger partial charge is 0.416 e. The van der Waals surface area contributed by atoms with E-state index in [-0.39, 0.29) is 18.7 Å². The van der Waals surface area contributed by atoms with E-state index < -0.39 is 23.4 Å². The van der Waals surface area contributed by atoms with Crippen molar-refractivity contribution in [3.05, 3.63) is 35.4 Å². The molecular formula is C11H10F3NO3. The predicted molar refractivity (Wildman–Crippen MR) is 54.9 cm³/mol. The zero-order chi connectivity index (χ0) is 13.6. The van der Waals surface area contributed by atoms with E-state index in [4.69, 9.17) is 5.11 Å². The predicted octanol–water partition coefficient (Wildman–Crippen LogP) is 1.89. The largest absolute Gasteiger partial charge is 0.465 e. The van der Waals surface area contributed by atoms with Crippen molar-refractivity contribution in [1.82, 2.24) is 4.90 Å². The van der Waals surface area contributed by atoms with Gasteiger partial charge in [-0.25, -0.2) is 4.79 Å². The number of benzene rings is 1. The van der Waals surface area contributed by atoms with Crippen LogP contribution in [0.4, 0.5) is 18.0 Å². The van der Waals surface area contributed by atoms with Crippen LogP contribution in [0, 0.1) is 0 Å². The fraction of sp³-hybridized carbons (Fsp3) is 0.364. The van der Waals surface area contributed by atoms with Crippen molar-refractivity contribution in [2.75, 3.05) is 13.1 Å². The lowest BCUT2D eigenvalue weighted by Crippen LogP contribution is -2.60. The van der Waals surface area contributed by atoms with Gasteiger partial charge in [-0.3, -0.25) is 0 Å². The van der Waals surface area contributed by atoms with Gasteiger partial charge in [-0.2, -0.15) is 13.2 Å². The van der Waals surface area contributed by atoms with Crippen molar-refractivity contribution in [1.29, 1.82) is 0 Å². The van der Waals surface area contributed by atoms with Crippen LogP contribution in [0.1, 0.15) is 11.1 Å². The Hall–Kier alpha value is -1.76. The van der Waals surface area contributed by atoms with Crippen molar-refractivity contribution < 1.29 is 28.2 Å². The first kappa shape index (κ1) is 12.7. The van der Waals surface area contributed by atoms with Crippen LogP contribution in [0.2, 0.25) is 0 Å². The third-order valence-electron chi connectivity index (χ3n) is 2.92. The van der Waals surface area contributed by atoms with E-state index in [1.165, 1.54) is 12.1 Å². The highest BCUT2D eigenvalue weighted by atomic mass is 19.4. The molecule has 18 heavy (non-hydrogen) atoms. The first-order chi connectivity index (χ1) is 8.22. The molecule has 0 unspecified atom stereocenters. The molecule has 2 N–H and O–H groups in total. The van der Waals surface area contributed by atoms with Gasteiger partial charge in [-0.15, -0.1) is 0 Å². The van der Waals surface area contributed by atoms with E-state index in [9.17, 15) is 23.1 Å². The number of likely N-dealkylation sites (tertiary alicyclic amines) is 1. The maximum absolute atomic E-state index is 12.3. The molecule has 0 atom stereocenters. The maximum Gasteiger partial charge on any atom is 0.416 e. The minimum Gasteiger partial charge on any atom is -0.465 e. The molecule has 7 heteroatoms. The van der Waals surface area contributed by atoms with Crippen molar-refractivity contribution in [3.63, 3.8) is 0 Å². The van der Waals surface area contributed by atoms with Gasteiger partial charge in [0.2, 0.25) is 0 Å². The van der Waals surface area contributed by atoms with Crippen LogP contribution in [0.3, 0.4) is 0 Å². The van der Waals surface area contributed by atoms with E-state index in [0.29, 0.717) is 0 Å². The SMILES string of the molecule is O=C(O)N1CC(O)(c2ccc(C(F)(F)F)cc2)C1. The summed E-state index contributed by atoms with van der Waals surface area (Å²) in [7, 11) is 0. The minimum absolute atomic E-state index is 0.131. The standard InChI is InChI=1S/C11H10F3NO3/c12-11(13,14)8-3-1-7(2-4-8)10(18)5-15(6-10)9(16)17/h1-4,18H,5-6H2,(H,16,17). The van der Waals surface area contributed by atoms with Gasteiger partial charge in [0.15, 0.2) is 0 Å². The first-order valence-electron chi connectivity index (χ1n) is 5.10. The van der Waals surface area contributed by atoms with Crippen LogP contribution < -0.4 is 0 Å². The van der Waals surface area contributed by atoms with Crippen molar-refractivity contribution in [2.45, 2.75) is 11.8 Å². The fourth-order valence-electron chi connectivity index (χ4n) is 1.87. The maximum atomic E-state index is 12.3. The molecule has 98 valence electrons. The Kier molecular flexibility index (Phi) is 2.73. The van der Waals surface area contributed by atoms with E-state index in [0.717, 1.165) is 17.0 Å². The van der Waals surface area contributed by atoms with Gasteiger partial charge >= 0.3 is 12.3 Å². The molecule has 1 amide bonds. The van der Waals surface area contributed by atoms with Crippen LogP contribution >= 0.6 is 0 Å². The molecule has 0 radical (unpaired) electrons. The molecule has 1 aromatic carbocycles. The van der Waals surface area contributed by atoms with Gasteiger partial charge in [-0.05, 0) is 17.7 Å². The number of halogens is 3. The summed E-state index contributed by atoms with van der Waals surface area (Å²) in [6.07, 6.45) is -5.58. The number of β-amino-alcohol motifs (C(OH)–C–C–N with tert-alkyl or cyclic N) is 1. The number of amides is 1. The second-order valence-electron chi connectivity index (χ2n) is 4.25. The summed E-state index contributed by atoms with van der Waals surface area (Å²) in [5.74, 6) is 0. The van der Waals surface area contributed by atoms with Crippen LogP contribution in [0.5, 0.6) is 0 Å². The average Bonchev–Trinajstić information content (AvgIpc) is 2.23. The molecule has 0 aliphatic carbocycles. The average molecular weight is 261 g/mol. The number of hydrogen-bond acceptors (Lipinski definition) is 2. The molecule has 0 spiro atoms. The molecular weight excluding hydrogens is 251 g/mol. The molecule has 1 aliphatic rings. The Morgan fingerprint density at radius 2 is 1.72 bits per heavy atom. The Bertz CT molecular complexity index is 463. The molecule has 1 aliphatic heterocycles. The minimum atomic E-state index is -4.42. The highest BCUT2D eigenvalue weighted by molar-refractivity contribution is 5.67. The van der Waals surface area contributed by atoms with Gasteiger partial charge in [-0.1, -0.05) is 12.1 Å². The van der Waals surface area contributed by atoms with Crippen LogP contribution in [-0.4, -0.2) is 34.3 Å². The Morgan fingerprint density at radius 3 is 2.11 bits per heavy atom. The lowest BCUT2D eigenvalue weighted by Gasteiger charge is -2.45. The van der Waals surface area contributed by atoms with Gasteiger partial charge in [0.05, 0.1) is 18.7 Å². The zero-order valence-electron chi connectivity index (χ0n) is 9.11. The monoisotopic (exact) mass is 261 g/mol. The summed E-state index contributed by atoms with van der Waals surface area (Å²) in [5.41, 5.74) is -1.90. The number of alkyl halides is 3. The molecule has 2 rings (SSSR count). The van der Waals surface area contributed by atoms with E-state index in [1.54, 1.807) is 0 Å². The van der Waals surface area contributed by atoms with Gasteiger partial charge in [0.25, 0.3) is 0 Å². The number of nitrogens with zero attached hydrogens (tertiary/aromatic N) is 1. The lowest BCUT2D eigenvalue weighted by atomic mass is 9.86. The topological polar surface area (TPSA) is 60.8 Å². The summed E-state index contributed by atoms with van der Waals surface area (Å²) in [6, 6.07) is 4.08. The third kappa shape index (κ3) is 2.13. The fourth-order valence-corrected chi connectivity index (χ4v) is 1.87. The van der Waals surface area contributed by atoms with Crippen molar-refractivity contribution >= 4 is 6.09 Å². The second-order valence-corrected chi connectivity index (χ2v) is 4.25. The normalized spacial score (nSPS) is 18.3. The quantitative estimate of drug-likeness (QED) is 0.811. The van der Waals surface area contributed by atoms with Crippen molar-refractivity contribution in [3.8, 4) is 0 Å². The Labute approximate surface area is 100 Å². The molecule has 1 heterocycles. The zero-order valence-corrected chi connectivity index (χ0v) is 9.11. The molecule has 1 aromatic rings. The summed E-state index contributed by atoms with van der Waals surface area (Å²) >= 11 is 0. The Balaban J connectivity index is 2.14. The number of aliphatic hydroxyl groups is 1. The number of hydrogen-bond donors (Lipinski definition) is 2. The van der Waals surface area contributed by atoms with E-state index in [1.807, 2.05) is 0 Å².